The lowest BCUT2D eigenvalue weighted by atomic mass is 9.88. The Bertz CT molecular complexity index is 605. The van der Waals surface area contributed by atoms with Crippen molar-refractivity contribution in [2.75, 3.05) is 46.4 Å². The lowest BCUT2D eigenvalue weighted by molar-refractivity contribution is 0.0743. The first-order valence-electron chi connectivity index (χ1n) is 7.77. The molecule has 122 valence electrons. The fraction of sp³-hybridized carbons (Fsp3) is 0.625. The van der Waals surface area contributed by atoms with Crippen LogP contribution in [0.1, 0.15) is 12.0 Å². The number of hydrogen-bond acceptors (Lipinski definition) is 4. The van der Waals surface area contributed by atoms with Gasteiger partial charge in [-0.3, -0.25) is 0 Å². The zero-order valence-electron chi connectivity index (χ0n) is 13.1. The maximum Gasteiger partial charge on any atom is 0.218 e. The van der Waals surface area contributed by atoms with E-state index in [1.54, 1.807) is 4.31 Å². The number of benzene rings is 1. The summed E-state index contributed by atoms with van der Waals surface area (Å²) >= 11 is 0. The second-order valence-electron chi connectivity index (χ2n) is 6.62. The Balaban J connectivity index is 1.77. The molecular formula is C16H24N2O3S. The van der Waals surface area contributed by atoms with E-state index in [9.17, 15) is 8.42 Å². The zero-order valence-corrected chi connectivity index (χ0v) is 13.9. The average Bonchev–Trinajstić information content (AvgIpc) is 2.70. The van der Waals surface area contributed by atoms with Crippen LogP contribution in [0.15, 0.2) is 30.3 Å². The molecule has 1 aromatic rings. The topological polar surface area (TPSA) is 49.9 Å². The van der Waals surface area contributed by atoms with E-state index in [1.807, 2.05) is 30.3 Å². The first kappa shape index (κ1) is 15.9. The standard InChI is InChI=1S/C16H24N2O3S/c1-17-8-7-16(12-17)13-18(9-10-21-14-16)22(19,20)11-15-5-3-2-4-6-15/h2-6H,7-14H2,1H3/t16-/m0/s1. The largest absolute Gasteiger partial charge is 0.379 e. The molecule has 2 saturated heterocycles. The second-order valence-corrected chi connectivity index (χ2v) is 8.58. The molecule has 0 radical (unpaired) electrons. The van der Waals surface area contributed by atoms with E-state index in [0.717, 1.165) is 25.1 Å². The Labute approximate surface area is 132 Å². The van der Waals surface area contributed by atoms with Crippen molar-refractivity contribution < 1.29 is 13.2 Å². The van der Waals surface area contributed by atoms with Crippen LogP contribution in [0.5, 0.6) is 0 Å². The molecule has 0 N–H and O–H groups in total. The van der Waals surface area contributed by atoms with Gasteiger partial charge in [-0.15, -0.1) is 0 Å². The molecule has 0 amide bonds. The van der Waals surface area contributed by atoms with Crippen LogP contribution in [-0.2, 0) is 20.5 Å². The highest BCUT2D eigenvalue weighted by Gasteiger charge is 2.42. The molecule has 1 atom stereocenters. The van der Waals surface area contributed by atoms with E-state index in [4.69, 9.17) is 4.74 Å². The van der Waals surface area contributed by atoms with Crippen molar-refractivity contribution in [2.24, 2.45) is 5.41 Å². The van der Waals surface area contributed by atoms with E-state index >= 15 is 0 Å². The van der Waals surface area contributed by atoms with Gasteiger partial charge in [-0.1, -0.05) is 30.3 Å². The first-order chi connectivity index (χ1) is 10.5. The van der Waals surface area contributed by atoms with Gasteiger partial charge in [-0.25, -0.2) is 8.42 Å². The fourth-order valence-corrected chi connectivity index (χ4v) is 5.09. The predicted octanol–water partition coefficient (Wildman–Crippen LogP) is 1.17. The van der Waals surface area contributed by atoms with Crippen LogP contribution >= 0.6 is 0 Å². The van der Waals surface area contributed by atoms with E-state index < -0.39 is 10.0 Å². The maximum absolute atomic E-state index is 12.8. The molecule has 0 bridgehead atoms. The Hall–Kier alpha value is -0.950. The first-order valence-corrected chi connectivity index (χ1v) is 9.38. The van der Waals surface area contributed by atoms with Gasteiger partial charge in [0.15, 0.2) is 0 Å². The highest BCUT2D eigenvalue weighted by molar-refractivity contribution is 7.88. The normalized spacial score (nSPS) is 28.0. The van der Waals surface area contributed by atoms with Gasteiger partial charge in [0, 0.05) is 25.0 Å². The minimum absolute atomic E-state index is 0.0466. The molecule has 2 aliphatic rings. The number of rotatable bonds is 3. The average molecular weight is 324 g/mol. The molecule has 2 fully saturated rings. The summed E-state index contributed by atoms with van der Waals surface area (Å²) in [7, 11) is -1.22. The summed E-state index contributed by atoms with van der Waals surface area (Å²) in [5.41, 5.74) is 0.792. The molecule has 1 spiro atoms. The summed E-state index contributed by atoms with van der Waals surface area (Å²) in [4.78, 5) is 2.26. The molecule has 2 aliphatic heterocycles. The summed E-state index contributed by atoms with van der Waals surface area (Å²) in [5, 5.41) is 0. The number of nitrogens with zero attached hydrogens (tertiary/aromatic N) is 2. The van der Waals surface area contributed by atoms with Gasteiger partial charge < -0.3 is 9.64 Å². The number of hydrogen-bond donors (Lipinski definition) is 0. The zero-order chi connectivity index (χ0) is 15.6. The van der Waals surface area contributed by atoms with Crippen LogP contribution in [0.3, 0.4) is 0 Å². The maximum atomic E-state index is 12.8. The molecule has 5 nitrogen and oxygen atoms in total. The summed E-state index contributed by atoms with van der Waals surface area (Å²) in [6.07, 6.45) is 1.00. The van der Waals surface area contributed by atoms with Gasteiger partial charge in [-0.05, 0) is 25.6 Å². The Morgan fingerprint density at radius 3 is 2.64 bits per heavy atom. The van der Waals surface area contributed by atoms with Crippen LogP contribution < -0.4 is 0 Å². The van der Waals surface area contributed by atoms with Gasteiger partial charge in [0.1, 0.15) is 0 Å². The van der Waals surface area contributed by atoms with E-state index in [1.165, 1.54) is 0 Å². The summed E-state index contributed by atoms with van der Waals surface area (Å²) in [5.74, 6) is 0.0692. The van der Waals surface area contributed by atoms with Gasteiger partial charge in [-0.2, -0.15) is 4.31 Å². The van der Waals surface area contributed by atoms with Crippen LogP contribution in [0.4, 0.5) is 0 Å². The molecule has 2 heterocycles. The van der Waals surface area contributed by atoms with Crippen LogP contribution in [0.2, 0.25) is 0 Å². The smallest absolute Gasteiger partial charge is 0.218 e. The van der Waals surface area contributed by atoms with Crippen molar-refractivity contribution in [3.8, 4) is 0 Å². The Kier molecular flexibility index (Phi) is 4.54. The number of likely N-dealkylation sites (tertiary alicyclic amines) is 1. The third-order valence-electron chi connectivity index (χ3n) is 4.62. The van der Waals surface area contributed by atoms with Crippen LogP contribution in [0, 0.1) is 5.41 Å². The summed E-state index contributed by atoms with van der Waals surface area (Å²) < 4.78 is 32.9. The van der Waals surface area contributed by atoms with Gasteiger partial charge in [0.25, 0.3) is 0 Å². The highest BCUT2D eigenvalue weighted by Crippen LogP contribution is 2.33. The third-order valence-corrected chi connectivity index (χ3v) is 6.42. The van der Waals surface area contributed by atoms with Crippen molar-refractivity contribution in [1.29, 1.82) is 0 Å². The van der Waals surface area contributed by atoms with Gasteiger partial charge >= 0.3 is 0 Å². The molecule has 0 unspecified atom stereocenters. The second kappa shape index (κ2) is 6.28. The summed E-state index contributed by atoms with van der Waals surface area (Å²) in [6.45, 7) is 4.10. The lowest BCUT2D eigenvalue weighted by Crippen LogP contribution is -2.43. The van der Waals surface area contributed by atoms with E-state index in [-0.39, 0.29) is 11.2 Å². The number of ether oxygens (including phenoxy) is 1. The molecule has 1 aromatic carbocycles. The molecule has 6 heteroatoms. The van der Waals surface area contributed by atoms with Crippen molar-refractivity contribution >= 4 is 10.0 Å². The molecule has 0 aromatic heterocycles. The van der Waals surface area contributed by atoms with Crippen molar-refractivity contribution in [1.82, 2.24) is 9.21 Å². The van der Waals surface area contributed by atoms with E-state index in [0.29, 0.717) is 26.3 Å². The monoisotopic (exact) mass is 324 g/mol. The lowest BCUT2D eigenvalue weighted by Gasteiger charge is -2.31. The summed E-state index contributed by atoms with van der Waals surface area (Å²) in [6, 6.07) is 9.39. The third kappa shape index (κ3) is 3.51. The molecule has 3 rings (SSSR count). The Morgan fingerprint density at radius 1 is 1.18 bits per heavy atom. The van der Waals surface area contributed by atoms with E-state index in [2.05, 4.69) is 11.9 Å². The van der Waals surface area contributed by atoms with Crippen molar-refractivity contribution in [3.05, 3.63) is 35.9 Å². The quantitative estimate of drug-likeness (QED) is 0.837. The van der Waals surface area contributed by atoms with Gasteiger partial charge in [0.05, 0.1) is 19.0 Å². The van der Waals surface area contributed by atoms with Crippen LogP contribution in [0.25, 0.3) is 0 Å². The molecule has 0 saturated carbocycles. The number of sulfonamides is 1. The fourth-order valence-electron chi connectivity index (χ4n) is 3.47. The van der Waals surface area contributed by atoms with Gasteiger partial charge in [0.2, 0.25) is 10.0 Å². The molecule has 22 heavy (non-hydrogen) atoms. The predicted molar refractivity (Wildman–Crippen MR) is 86.0 cm³/mol. The minimum atomic E-state index is -3.31. The van der Waals surface area contributed by atoms with Crippen molar-refractivity contribution in [2.45, 2.75) is 12.2 Å². The Morgan fingerprint density at radius 2 is 1.95 bits per heavy atom. The molecule has 0 aliphatic carbocycles. The SMILES string of the molecule is CN1CC[C@]2(COCCN(S(=O)(=O)Cc3ccccc3)C2)C1. The highest BCUT2D eigenvalue weighted by atomic mass is 32.2. The minimum Gasteiger partial charge on any atom is -0.379 e. The van der Waals surface area contributed by atoms with Crippen molar-refractivity contribution in [3.63, 3.8) is 0 Å². The van der Waals surface area contributed by atoms with Crippen LogP contribution in [-0.4, -0.2) is 64.1 Å². The molecular weight excluding hydrogens is 300 g/mol.